The number of hydrogen-bond donors (Lipinski definition) is 2. The maximum absolute atomic E-state index is 9.11. The van der Waals surface area contributed by atoms with Crippen LogP contribution >= 0.6 is 11.6 Å². The molecule has 1 heterocycles. The average molecular weight is 209 g/mol. The van der Waals surface area contributed by atoms with Crippen LogP contribution in [0.3, 0.4) is 0 Å². The van der Waals surface area contributed by atoms with Gasteiger partial charge in [-0.25, -0.2) is 0 Å². The fourth-order valence-electron chi connectivity index (χ4n) is 1.59. The summed E-state index contributed by atoms with van der Waals surface area (Å²) in [6, 6.07) is 5.31. The second-order valence-corrected chi connectivity index (χ2v) is 3.67. The van der Waals surface area contributed by atoms with Crippen molar-refractivity contribution in [2.45, 2.75) is 0 Å². The standard InChI is InChI=1S/C9H9BClNO2/c1-12-5-8(10(13)14)7-3-2-6(11)4-9(7)12/h2-5,13-14H,1H3. The van der Waals surface area contributed by atoms with Gasteiger partial charge in [0.25, 0.3) is 0 Å². The van der Waals surface area contributed by atoms with Crippen molar-refractivity contribution in [3.63, 3.8) is 0 Å². The second kappa shape index (κ2) is 3.31. The Labute approximate surface area is 86.7 Å². The normalized spacial score (nSPS) is 10.9. The highest BCUT2D eigenvalue weighted by molar-refractivity contribution is 6.62. The van der Waals surface area contributed by atoms with Gasteiger partial charge < -0.3 is 14.6 Å². The number of rotatable bonds is 1. The molecule has 0 saturated heterocycles. The van der Waals surface area contributed by atoms with E-state index in [1.54, 1.807) is 24.4 Å². The van der Waals surface area contributed by atoms with Gasteiger partial charge in [0.2, 0.25) is 0 Å². The summed E-state index contributed by atoms with van der Waals surface area (Å²) in [6.45, 7) is 0. The van der Waals surface area contributed by atoms with Crippen LogP contribution < -0.4 is 5.46 Å². The molecule has 5 heteroatoms. The number of aromatic nitrogens is 1. The third-order valence-corrected chi connectivity index (χ3v) is 2.50. The van der Waals surface area contributed by atoms with Crippen LogP contribution in [0.1, 0.15) is 0 Å². The number of nitrogens with zero attached hydrogens (tertiary/aromatic N) is 1. The summed E-state index contributed by atoms with van der Waals surface area (Å²) in [4.78, 5) is 0. The fraction of sp³-hybridized carbons (Fsp3) is 0.111. The van der Waals surface area contributed by atoms with E-state index in [9.17, 15) is 0 Å². The third-order valence-electron chi connectivity index (χ3n) is 2.26. The Morgan fingerprint density at radius 1 is 1.36 bits per heavy atom. The first-order valence-corrected chi connectivity index (χ1v) is 4.58. The van der Waals surface area contributed by atoms with E-state index in [0.29, 0.717) is 10.5 Å². The lowest BCUT2D eigenvalue weighted by atomic mass is 9.80. The van der Waals surface area contributed by atoms with Gasteiger partial charge in [-0.05, 0) is 17.5 Å². The molecule has 0 aliphatic carbocycles. The summed E-state index contributed by atoms with van der Waals surface area (Å²) < 4.78 is 1.82. The SMILES string of the molecule is Cn1cc(B(O)O)c2ccc(Cl)cc21. The first kappa shape index (κ1) is 9.58. The van der Waals surface area contributed by atoms with Gasteiger partial charge in [0.1, 0.15) is 0 Å². The van der Waals surface area contributed by atoms with E-state index in [1.165, 1.54) is 0 Å². The maximum atomic E-state index is 9.11. The van der Waals surface area contributed by atoms with Crippen LogP contribution in [0.5, 0.6) is 0 Å². The molecule has 0 unspecified atom stereocenters. The van der Waals surface area contributed by atoms with Gasteiger partial charge >= 0.3 is 7.12 Å². The van der Waals surface area contributed by atoms with E-state index in [1.807, 2.05) is 11.6 Å². The van der Waals surface area contributed by atoms with Gasteiger partial charge in [0.15, 0.2) is 0 Å². The Kier molecular flexibility index (Phi) is 2.27. The first-order chi connectivity index (χ1) is 6.59. The minimum Gasteiger partial charge on any atom is -0.423 e. The molecule has 0 fully saturated rings. The Morgan fingerprint density at radius 2 is 2.07 bits per heavy atom. The first-order valence-electron chi connectivity index (χ1n) is 4.20. The Morgan fingerprint density at radius 3 is 2.71 bits per heavy atom. The van der Waals surface area contributed by atoms with Crippen molar-refractivity contribution < 1.29 is 10.0 Å². The molecule has 2 N–H and O–H groups in total. The van der Waals surface area contributed by atoms with E-state index in [0.717, 1.165) is 10.9 Å². The number of hydrogen-bond acceptors (Lipinski definition) is 2. The zero-order valence-corrected chi connectivity index (χ0v) is 8.36. The number of fused-ring (bicyclic) bond motifs is 1. The van der Waals surface area contributed by atoms with Gasteiger partial charge in [0, 0.05) is 29.2 Å². The molecule has 0 spiro atoms. The van der Waals surface area contributed by atoms with E-state index in [4.69, 9.17) is 21.6 Å². The Balaban J connectivity index is 2.77. The van der Waals surface area contributed by atoms with Crippen LogP contribution in [0.2, 0.25) is 5.02 Å². The Hall–Kier alpha value is -0.965. The quantitative estimate of drug-likeness (QED) is 0.672. The fourth-order valence-corrected chi connectivity index (χ4v) is 1.76. The summed E-state index contributed by atoms with van der Waals surface area (Å²) in [5.74, 6) is 0. The van der Waals surface area contributed by atoms with E-state index >= 15 is 0 Å². The van der Waals surface area contributed by atoms with Crippen molar-refractivity contribution in [1.82, 2.24) is 4.57 Å². The topological polar surface area (TPSA) is 45.4 Å². The smallest absolute Gasteiger partial charge is 0.423 e. The van der Waals surface area contributed by atoms with E-state index in [-0.39, 0.29) is 0 Å². The highest BCUT2D eigenvalue weighted by atomic mass is 35.5. The molecule has 0 aliphatic rings. The van der Waals surface area contributed by atoms with Crippen molar-refractivity contribution in [3.05, 3.63) is 29.4 Å². The highest BCUT2D eigenvalue weighted by Crippen LogP contribution is 2.18. The van der Waals surface area contributed by atoms with E-state index < -0.39 is 7.12 Å². The van der Waals surface area contributed by atoms with Crippen molar-refractivity contribution in [2.75, 3.05) is 0 Å². The van der Waals surface area contributed by atoms with Gasteiger partial charge in [-0.3, -0.25) is 0 Å². The minimum absolute atomic E-state index is 0.499. The predicted octanol–water partition coefficient (Wildman–Crippen LogP) is 0.512. The molecule has 72 valence electrons. The molecular weight excluding hydrogens is 200 g/mol. The lowest BCUT2D eigenvalue weighted by Crippen LogP contribution is -2.29. The van der Waals surface area contributed by atoms with Crippen molar-refractivity contribution in [2.24, 2.45) is 7.05 Å². The van der Waals surface area contributed by atoms with Gasteiger partial charge in [-0.2, -0.15) is 0 Å². The highest BCUT2D eigenvalue weighted by Gasteiger charge is 2.17. The van der Waals surface area contributed by atoms with Crippen molar-refractivity contribution in [3.8, 4) is 0 Å². The molecule has 0 radical (unpaired) electrons. The zero-order chi connectivity index (χ0) is 10.3. The molecule has 0 atom stereocenters. The largest absolute Gasteiger partial charge is 0.490 e. The van der Waals surface area contributed by atoms with Crippen LogP contribution in [-0.4, -0.2) is 21.7 Å². The lowest BCUT2D eigenvalue weighted by Gasteiger charge is -1.97. The molecule has 2 rings (SSSR count). The van der Waals surface area contributed by atoms with Crippen LogP contribution in [0.25, 0.3) is 10.9 Å². The zero-order valence-electron chi connectivity index (χ0n) is 7.61. The van der Waals surface area contributed by atoms with Gasteiger partial charge in [-0.15, -0.1) is 0 Å². The molecule has 1 aromatic carbocycles. The maximum Gasteiger partial charge on any atom is 0.490 e. The van der Waals surface area contributed by atoms with Crippen molar-refractivity contribution in [1.29, 1.82) is 0 Å². The number of halogens is 1. The molecule has 0 saturated carbocycles. The van der Waals surface area contributed by atoms with Crippen LogP contribution in [0.4, 0.5) is 0 Å². The summed E-state index contributed by atoms with van der Waals surface area (Å²) in [5.41, 5.74) is 1.39. The van der Waals surface area contributed by atoms with Crippen molar-refractivity contribution >= 4 is 35.1 Å². The lowest BCUT2D eigenvalue weighted by molar-refractivity contribution is 0.426. The molecule has 0 amide bonds. The second-order valence-electron chi connectivity index (χ2n) is 3.23. The molecule has 0 aliphatic heterocycles. The summed E-state index contributed by atoms with van der Waals surface area (Å²) in [5, 5.41) is 19.7. The van der Waals surface area contributed by atoms with Crippen LogP contribution in [0, 0.1) is 0 Å². The predicted molar refractivity (Wildman–Crippen MR) is 57.8 cm³/mol. The minimum atomic E-state index is -1.44. The van der Waals surface area contributed by atoms with E-state index in [2.05, 4.69) is 0 Å². The third kappa shape index (κ3) is 1.41. The molecule has 3 nitrogen and oxygen atoms in total. The molecule has 0 bridgehead atoms. The molecule has 14 heavy (non-hydrogen) atoms. The molecule has 2 aromatic rings. The Bertz CT molecular complexity index is 481. The van der Waals surface area contributed by atoms with Gasteiger partial charge in [-0.1, -0.05) is 17.7 Å². The number of benzene rings is 1. The van der Waals surface area contributed by atoms with Gasteiger partial charge in [0.05, 0.1) is 0 Å². The van der Waals surface area contributed by atoms with Crippen LogP contribution in [0.15, 0.2) is 24.4 Å². The van der Waals surface area contributed by atoms with Crippen LogP contribution in [-0.2, 0) is 7.05 Å². The average Bonchev–Trinajstić information content (AvgIpc) is 2.44. The summed E-state index contributed by atoms with van der Waals surface area (Å²) in [7, 11) is 0.393. The monoisotopic (exact) mass is 209 g/mol. The summed E-state index contributed by atoms with van der Waals surface area (Å²) >= 11 is 5.84. The number of aryl methyl sites for hydroxylation is 1. The molecule has 1 aromatic heterocycles. The summed E-state index contributed by atoms with van der Waals surface area (Å²) in [6.07, 6.45) is 1.69. The molecular formula is C9H9BClNO2.